The molecule has 0 bridgehead atoms. The van der Waals surface area contributed by atoms with Gasteiger partial charge < -0.3 is 20.1 Å². The maximum Gasteiger partial charge on any atom is 0.472 e. The first-order valence-electron chi connectivity index (χ1n) is 14.5. The summed E-state index contributed by atoms with van der Waals surface area (Å²) in [6, 6.07) is 0. The summed E-state index contributed by atoms with van der Waals surface area (Å²) >= 11 is 0. The van der Waals surface area contributed by atoms with Crippen molar-refractivity contribution in [3.8, 4) is 0 Å². The smallest absolute Gasteiger partial charge is 0.463 e. The number of hydrogen-bond donors (Lipinski definition) is 3. The van der Waals surface area contributed by atoms with Crippen LogP contribution in [0.2, 0.25) is 0 Å². The van der Waals surface area contributed by atoms with Crippen LogP contribution in [0, 0.1) is 0 Å². The molecule has 0 rings (SSSR count). The molecule has 0 spiro atoms. The molecule has 2 atom stereocenters. The fraction of sp³-hybridized carbons (Fsp3) is 0.926. The van der Waals surface area contributed by atoms with Gasteiger partial charge in [0.2, 0.25) is 5.91 Å². The van der Waals surface area contributed by atoms with Crippen LogP contribution in [0.4, 0.5) is 0 Å². The van der Waals surface area contributed by atoms with Gasteiger partial charge in [-0.05, 0) is 6.42 Å². The van der Waals surface area contributed by atoms with Crippen LogP contribution >= 0.6 is 7.82 Å². The van der Waals surface area contributed by atoms with E-state index in [-0.39, 0.29) is 25.7 Å². The number of hydrogen-bond acceptors (Lipinski definition) is 7. The molecule has 0 aliphatic rings. The molecule has 0 saturated carbocycles. The summed E-state index contributed by atoms with van der Waals surface area (Å²) in [5.41, 5.74) is 0. The van der Waals surface area contributed by atoms with E-state index in [1.165, 1.54) is 96.8 Å². The van der Waals surface area contributed by atoms with Crippen molar-refractivity contribution in [1.29, 1.82) is 0 Å². The number of phosphoric acid groups is 1. The van der Waals surface area contributed by atoms with Crippen LogP contribution in [-0.4, -0.2) is 54.3 Å². The van der Waals surface area contributed by atoms with Crippen molar-refractivity contribution in [3.05, 3.63) is 0 Å². The summed E-state index contributed by atoms with van der Waals surface area (Å²) in [6.07, 6.45) is 21.2. The van der Waals surface area contributed by atoms with E-state index in [4.69, 9.17) is 4.52 Å². The van der Waals surface area contributed by atoms with Gasteiger partial charge in [0.25, 0.3) is 0 Å². The first-order chi connectivity index (χ1) is 17.8. The molecule has 0 aliphatic carbocycles. The Morgan fingerprint density at radius 1 is 0.757 bits per heavy atom. The fourth-order valence-corrected chi connectivity index (χ4v) is 4.69. The molecule has 0 heterocycles. The Balaban J connectivity index is 3.43. The molecule has 0 aromatic rings. The summed E-state index contributed by atoms with van der Waals surface area (Å²) in [4.78, 5) is 32.1. The zero-order valence-electron chi connectivity index (χ0n) is 23.4. The zero-order chi connectivity index (χ0) is 27.6. The number of rotatable bonds is 27. The van der Waals surface area contributed by atoms with Crippen molar-refractivity contribution in [2.24, 2.45) is 0 Å². The predicted molar refractivity (Wildman–Crippen MR) is 146 cm³/mol. The maximum absolute atomic E-state index is 11.9. The average Bonchev–Trinajstić information content (AvgIpc) is 2.86. The molecule has 0 radical (unpaired) electrons. The molecule has 220 valence electrons. The monoisotopic (exact) mass is 551 g/mol. The quantitative estimate of drug-likeness (QED) is 0.0624. The highest BCUT2D eigenvalue weighted by Crippen LogP contribution is 2.42. The highest BCUT2D eigenvalue weighted by atomic mass is 31.2. The molecule has 1 amide bonds. The van der Waals surface area contributed by atoms with E-state index in [0.29, 0.717) is 6.42 Å². The number of amides is 1. The first-order valence-corrected chi connectivity index (χ1v) is 16.0. The fourth-order valence-electron chi connectivity index (χ4n) is 3.93. The van der Waals surface area contributed by atoms with Gasteiger partial charge in [0.05, 0.1) is 13.2 Å². The second-order valence-corrected chi connectivity index (χ2v) is 11.3. The molecule has 9 nitrogen and oxygen atoms in total. The molecular formula is C27H54NO8P. The topological polar surface area (TPSA) is 131 Å². The van der Waals surface area contributed by atoms with E-state index in [2.05, 4.69) is 21.5 Å². The molecule has 10 heteroatoms. The minimum absolute atomic E-state index is 0.0850. The molecule has 0 aliphatic heterocycles. The van der Waals surface area contributed by atoms with Gasteiger partial charge in [-0.3, -0.25) is 18.6 Å². The van der Waals surface area contributed by atoms with Gasteiger partial charge >= 0.3 is 13.8 Å². The molecule has 0 saturated heterocycles. The third-order valence-corrected chi connectivity index (χ3v) is 7.08. The molecule has 0 aromatic carbocycles. The van der Waals surface area contributed by atoms with Gasteiger partial charge in [0.15, 0.2) is 0 Å². The van der Waals surface area contributed by atoms with Crippen molar-refractivity contribution in [3.63, 3.8) is 0 Å². The average molecular weight is 552 g/mol. The predicted octanol–water partition coefficient (Wildman–Crippen LogP) is 6.20. The van der Waals surface area contributed by atoms with Crippen LogP contribution in [0.3, 0.4) is 0 Å². The molecule has 2 unspecified atom stereocenters. The highest BCUT2D eigenvalue weighted by molar-refractivity contribution is 7.47. The summed E-state index contributed by atoms with van der Waals surface area (Å²) in [5.74, 6) is -0.692. The Hall–Kier alpha value is -0.990. The number of ether oxygens (including phenoxy) is 1. The number of carbonyl (C=O) groups excluding carboxylic acids is 2. The molecular weight excluding hydrogens is 497 g/mol. The van der Waals surface area contributed by atoms with E-state index in [0.717, 1.165) is 19.3 Å². The first kappa shape index (κ1) is 36.0. The summed E-state index contributed by atoms with van der Waals surface area (Å²) in [6.45, 7) is 2.47. The van der Waals surface area contributed by atoms with Gasteiger partial charge in [-0.25, -0.2) is 4.57 Å². The Morgan fingerprint density at radius 2 is 1.22 bits per heavy atom. The minimum Gasteiger partial charge on any atom is -0.463 e. The molecule has 3 N–H and O–H groups in total. The lowest BCUT2D eigenvalue weighted by atomic mass is 10.0. The summed E-state index contributed by atoms with van der Waals surface area (Å²) in [7, 11) is -4.36. The Labute approximate surface area is 225 Å². The Kier molecular flexibility index (Phi) is 24.6. The number of nitrogens with one attached hydrogen (secondary N) is 1. The van der Waals surface area contributed by atoms with Gasteiger partial charge in [-0.1, -0.05) is 110 Å². The van der Waals surface area contributed by atoms with Gasteiger partial charge in [-0.15, -0.1) is 0 Å². The second-order valence-electron chi connectivity index (χ2n) is 9.81. The normalized spacial score (nSPS) is 13.7. The van der Waals surface area contributed by atoms with Crippen molar-refractivity contribution >= 4 is 19.7 Å². The Morgan fingerprint density at radius 3 is 1.68 bits per heavy atom. The lowest BCUT2D eigenvalue weighted by molar-refractivity contribution is -0.144. The zero-order valence-corrected chi connectivity index (χ0v) is 24.3. The second kappa shape index (κ2) is 25.3. The van der Waals surface area contributed by atoms with Crippen LogP contribution in [0.15, 0.2) is 0 Å². The molecule has 37 heavy (non-hydrogen) atoms. The number of aliphatic hydroxyl groups is 1. The highest BCUT2D eigenvalue weighted by Gasteiger charge is 2.23. The van der Waals surface area contributed by atoms with Gasteiger partial charge in [0, 0.05) is 19.9 Å². The van der Waals surface area contributed by atoms with E-state index < -0.39 is 26.5 Å². The van der Waals surface area contributed by atoms with Crippen LogP contribution in [0.1, 0.15) is 129 Å². The standard InChI is InChI=1S/C27H54NO8P/c1-3-4-5-6-7-8-9-10-11-12-13-14-15-16-17-18-19-20-27(31)28-21-22-35-37(32,33)36-24-26(30)23-34-25(2)29/h26,30H,3-24H2,1-2H3,(H,28,31)(H,32,33). The van der Waals surface area contributed by atoms with Crippen LogP contribution in [0.5, 0.6) is 0 Å². The molecule has 0 fully saturated rings. The third-order valence-electron chi connectivity index (χ3n) is 6.10. The lowest BCUT2D eigenvalue weighted by Gasteiger charge is -2.15. The van der Waals surface area contributed by atoms with Gasteiger partial charge in [-0.2, -0.15) is 0 Å². The largest absolute Gasteiger partial charge is 0.472 e. The van der Waals surface area contributed by atoms with Crippen molar-refractivity contribution in [2.45, 2.75) is 136 Å². The third kappa shape index (κ3) is 27.9. The number of esters is 1. The van der Waals surface area contributed by atoms with Gasteiger partial charge in [0.1, 0.15) is 12.7 Å². The van der Waals surface area contributed by atoms with Crippen LogP contribution in [-0.2, 0) is 27.9 Å². The van der Waals surface area contributed by atoms with Crippen molar-refractivity contribution in [2.75, 3.05) is 26.4 Å². The van der Waals surface area contributed by atoms with Crippen molar-refractivity contribution < 1.29 is 37.9 Å². The summed E-state index contributed by atoms with van der Waals surface area (Å²) in [5, 5.41) is 12.1. The van der Waals surface area contributed by atoms with Crippen LogP contribution < -0.4 is 5.32 Å². The number of phosphoric ester groups is 1. The van der Waals surface area contributed by atoms with E-state index in [9.17, 15) is 24.2 Å². The van der Waals surface area contributed by atoms with Crippen molar-refractivity contribution in [1.82, 2.24) is 5.32 Å². The Bertz CT molecular complexity index is 605. The van der Waals surface area contributed by atoms with Crippen LogP contribution in [0.25, 0.3) is 0 Å². The number of aliphatic hydroxyl groups excluding tert-OH is 1. The maximum atomic E-state index is 11.9. The van der Waals surface area contributed by atoms with E-state index >= 15 is 0 Å². The lowest BCUT2D eigenvalue weighted by Crippen LogP contribution is -2.27. The number of unbranched alkanes of at least 4 members (excludes halogenated alkanes) is 16. The van der Waals surface area contributed by atoms with E-state index in [1.54, 1.807) is 0 Å². The molecule has 0 aromatic heterocycles. The SMILES string of the molecule is CCCCCCCCCCCCCCCCCCCC(=O)NCCOP(=O)(O)OCC(O)COC(C)=O. The minimum atomic E-state index is -4.36. The summed E-state index contributed by atoms with van der Waals surface area (Å²) < 4.78 is 25.7. The number of carbonyl (C=O) groups is 2. The van der Waals surface area contributed by atoms with E-state index in [1.807, 2.05) is 0 Å².